The number of hydrogen-bond donors (Lipinski definition) is 2. The highest BCUT2D eigenvalue weighted by atomic mass is 16.2. The van der Waals surface area contributed by atoms with Crippen LogP contribution in [0.3, 0.4) is 0 Å². The first-order valence-corrected chi connectivity index (χ1v) is 5.86. The van der Waals surface area contributed by atoms with Crippen LogP contribution < -0.4 is 10.6 Å². The Morgan fingerprint density at radius 2 is 2.11 bits per heavy atom. The summed E-state index contributed by atoms with van der Waals surface area (Å²) in [6.45, 7) is 2.75. The third kappa shape index (κ3) is 5.25. The maximum absolute atomic E-state index is 11.6. The Hall–Kier alpha value is -2.17. The zero-order valence-corrected chi connectivity index (χ0v) is 10.3. The maximum Gasteiger partial charge on any atom is 0.252 e. The molecule has 0 unspecified atom stereocenters. The highest BCUT2D eigenvalue weighted by Crippen LogP contribution is 1.94. The minimum absolute atomic E-state index is 0.146. The van der Waals surface area contributed by atoms with Crippen molar-refractivity contribution in [3.05, 3.63) is 42.2 Å². The number of carbonyl (C=O) groups excluding carboxylic acids is 2. The summed E-state index contributed by atoms with van der Waals surface area (Å²) in [6, 6.07) is 3.39. The Balaban J connectivity index is 2.21. The van der Waals surface area contributed by atoms with Gasteiger partial charge in [-0.25, -0.2) is 0 Å². The Labute approximate surface area is 106 Å². The number of nitrogens with zero attached hydrogens (tertiary/aromatic N) is 1. The highest BCUT2D eigenvalue weighted by molar-refractivity contribution is 5.93. The number of allylic oxidation sites excluding steroid dienone is 1. The van der Waals surface area contributed by atoms with Crippen molar-refractivity contribution in [2.75, 3.05) is 13.1 Å². The predicted molar refractivity (Wildman–Crippen MR) is 69.0 cm³/mol. The number of aromatic nitrogens is 1. The molecule has 0 radical (unpaired) electrons. The number of hydrogen-bond acceptors (Lipinski definition) is 3. The monoisotopic (exact) mass is 247 g/mol. The van der Waals surface area contributed by atoms with E-state index in [2.05, 4.69) is 15.6 Å². The van der Waals surface area contributed by atoms with Gasteiger partial charge in [-0.2, -0.15) is 0 Å². The van der Waals surface area contributed by atoms with E-state index in [-0.39, 0.29) is 11.8 Å². The molecular formula is C13H17N3O2. The number of rotatable bonds is 6. The molecule has 5 heteroatoms. The van der Waals surface area contributed by atoms with Gasteiger partial charge in [-0.05, 0) is 24.6 Å². The molecule has 2 amide bonds. The van der Waals surface area contributed by atoms with Crippen LogP contribution in [-0.4, -0.2) is 29.9 Å². The summed E-state index contributed by atoms with van der Waals surface area (Å²) < 4.78 is 0. The second-order valence-electron chi connectivity index (χ2n) is 3.60. The van der Waals surface area contributed by atoms with Crippen LogP contribution in [0.1, 0.15) is 23.7 Å². The molecule has 0 saturated heterocycles. The van der Waals surface area contributed by atoms with Crippen LogP contribution in [0.15, 0.2) is 36.7 Å². The van der Waals surface area contributed by atoms with Gasteiger partial charge in [0.15, 0.2) is 0 Å². The van der Waals surface area contributed by atoms with Gasteiger partial charge < -0.3 is 10.6 Å². The molecular weight excluding hydrogens is 230 g/mol. The van der Waals surface area contributed by atoms with Crippen molar-refractivity contribution in [3.8, 4) is 0 Å². The van der Waals surface area contributed by atoms with Crippen LogP contribution in [0.5, 0.6) is 0 Å². The van der Waals surface area contributed by atoms with Gasteiger partial charge in [0.05, 0.1) is 5.56 Å². The normalized spacial score (nSPS) is 10.3. The first kappa shape index (κ1) is 13.9. The van der Waals surface area contributed by atoms with Crippen molar-refractivity contribution in [3.63, 3.8) is 0 Å². The molecule has 0 aliphatic heterocycles. The Kier molecular flexibility index (Phi) is 6.17. The summed E-state index contributed by atoms with van der Waals surface area (Å²) in [5.74, 6) is -0.339. The largest absolute Gasteiger partial charge is 0.351 e. The van der Waals surface area contributed by atoms with Gasteiger partial charge in [0.25, 0.3) is 5.91 Å². The second-order valence-corrected chi connectivity index (χ2v) is 3.60. The molecule has 18 heavy (non-hydrogen) atoms. The molecule has 0 fully saturated rings. The molecule has 0 aliphatic rings. The Morgan fingerprint density at radius 3 is 2.78 bits per heavy atom. The van der Waals surface area contributed by atoms with Gasteiger partial charge in [-0.1, -0.05) is 13.0 Å². The van der Waals surface area contributed by atoms with Crippen LogP contribution in [0.25, 0.3) is 0 Å². The molecule has 1 aromatic heterocycles. The molecule has 2 N–H and O–H groups in total. The lowest BCUT2D eigenvalue weighted by Crippen LogP contribution is -2.34. The van der Waals surface area contributed by atoms with Crippen LogP contribution in [-0.2, 0) is 4.79 Å². The van der Waals surface area contributed by atoms with Crippen molar-refractivity contribution in [2.24, 2.45) is 0 Å². The zero-order chi connectivity index (χ0) is 13.2. The highest BCUT2D eigenvalue weighted by Gasteiger charge is 2.03. The van der Waals surface area contributed by atoms with Crippen molar-refractivity contribution in [1.29, 1.82) is 0 Å². The van der Waals surface area contributed by atoms with Gasteiger partial charge in [-0.15, -0.1) is 0 Å². The standard InChI is InChI=1S/C13H17N3O2/c1-2-3-6-12(17)15-8-9-16-13(18)11-5-4-7-14-10-11/h3-7,10H,2,8-9H2,1H3,(H,15,17)(H,16,18)/b6-3+. The third-order valence-electron chi connectivity index (χ3n) is 2.14. The molecule has 0 saturated carbocycles. The van der Waals surface area contributed by atoms with Crippen molar-refractivity contribution >= 4 is 11.8 Å². The van der Waals surface area contributed by atoms with E-state index in [0.717, 1.165) is 6.42 Å². The van der Waals surface area contributed by atoms with Gasteiger partial charge in [0.2, 0.25) is 5.91 Å². The van der Waals surface area contributed by atoms with Gasteiger partial charge >= 0.3 is 0 Å². The molecule has 0 atom stereocenters. The lowest BCUT2D eigenvalue weighted by Gasteiger charge is -2.05. The van der Waals surface area contributed by atoms with Crippen molar-refractivity contribution in [2.45, 2.75) is 13.3 Å². The quantitative estimate of drug-likeness (QED) is 0.579. The number of pyridine rings is 1. The van der Waals surface area contributed by atoms with E-state index in [9.17, 15) is 9.59 Å². The summed E-state index contributed by atoms with van der Waals surface area (Å²) in [4.78, 5) is 26.6. The summed E-state index contributed by atoms with van der Waals surface area (Å²) in [6.07, 6.45) is 7.20. The molecule has 5 nitrogen and oxygen atoms in total. The summed E-state index contributed by atoms with van der Waals surface area (Å²) >= 11 is 0. The first-order valence-electron chi connectivity index (χ1n) is 5.86. The van der Waals surface area contributed by atoms with Gasteiger partial charge in [0, 0.05) is 25.5 Å². The molecule has 0 aliphatic carbocycles. The van der Waals surface area contributed by atoms with E-state index in [4.69, 9.17) is 0 Å². The molecule has 0 aromatic carbocycles. The number of carbonyl (C=O) groups is 2. The van der Waals surface area contributed by atoms with Crippen LogP contribution in [0.2, 0.25) is 0 Å². The average Bonchev–Trinajstić information content (AvgIpc) is 2.42. The van der Waals surface area contributed by atoms with E-state index in [0.29, 0.717) is 18.7 Å². The van der Waals surface area contributed by atoms with E-state index in [1.165, 1.54) is 12.3 Å². The van der Waals surface area contributed by atoms with E-state index >= 15 is 0 Å². The van der Waals surface area contributed by atoms with Crippen LogP contribution in [0.4, 0.5) is 0 Å². The smallest absolute Gasteiger partial charge is 0.252 e. The molecule has 0 bridgehead atoms. The molecule has 96 valence electrons. The predicted octanol–water partition coefficient (Wildman–Crippen LogP) is 0.894. The van der Waals surface area contributed by atoms with Gasteiger partial charge in [-0.3, -0.25) is 14.6 Å². The lowest BCUT2D eigenvalue weighted by molar-refractivity contribution is -0.116. The molecule has 1 rings (SSSR count). The maximum atomic E-state index is 11.6. The molecule has 1 aromatic rings. The summed E-state index contributed by atoms with van der Waals surface area (Å²) in [7, 11) is 0. The third-order valence-corrected chi connectivity index (χ3v) is 2.14. The summed E-state index contributed by atoms with van der Waals surface area (Å²) in [5.41, 5.74) is 0.509. The van der Waals surface area contributed by atoms with E-state index in [1.54, 1.807) is 24.4 Å². The van der Waals surface area contributed by atoms with Crippen molar-refractivity contribution < 1.29 is 9.59 Å². The second kappa shape index (κ2) is 8.00. The number of nitrogens with one attached hydrogen (secondary N) is 2. The lowest BCUT2D eigenvalue weighted by atomic mass is 10.3. The Bertz CT molecular complexity index is 416. The van der Waals surface area contributed by atoms with E-state index in [1.807, 2.05) is 6.92 Å². The summed E-state index contributed by atoms with van der Waals surface area (Å²) in [5, 5.41) is 5.36. The fourth-order valence-corrected chi connectivity index (χ4v) is 1.24. The fraction of sp³-hybridized carbons (Fsp3) is 0.308. The van der Waals surface area contributed by atoms with Crippen molar-refractivity contribution in [1.82, 2.24) is 15.6 Å². The minimum Gasteiger partial charge on any atom is -0.351 e. The van der Waals surface area contributed by atoms with E-state index < -0.39 is 0 Å². The van der Waals surface area contributed by atoms with Crippen LogP contribution >= 0.6 is 0 Å². The molecule has 1 heterocycles. The molecule has 0 spiro atoms. The zero-order valence-electron chi connectivity index (χ0n) is 10.3. The Morgan fingerprint density at radius 1 is 1.33 bits per heavy atom. The topological polar surface area (TPSA) is 71.1 Å². The SMILES string of the molecule is CC/C=C/C(=O)NCCNC(=O)c1cccnc1. The first-order chi connectivity index (χ1) is 8.74. The minimum atomic E-state index is -0.193. The number of amides is 2. The average molecular weight is 247 g/mol. The fourth-order valence-electron chi connectivity index (χ4n) is 1.24. The van der Waals surface area contributed by atoms with Gasteiger partial charge in [0.1, 0.15) is 0 Å². The van der Waals surface area contributed by atoms with Crippen LogP contribution in [0, 0.1) is 0 Å².